The van der Waals surface area contributed by atoms with Crippen LogP contribution in [0.3, 0.4) is 0 Å². The van der Waals surface area contributed by atoms with Crippen molar-refractivity contribution in [3.63, 3.8) is 0 Å². The molecule has 0 aliphatic rings. The van der Waals surface area contributed by atoms with Gasteiger partial charge in [0.25, 0.3) is 11.1 Å². The number of nitrogens with zero attached hydrogens (tertiary/aromatic N) is 2. The maximum atomic E-state index is 12.1. The first kappa shape index (κ1) is 17.9. The molecule has 0 bridgehead atoms. The minimum absolute atomic E-state index is 0.125. The van der Waals surface area contributed by atoms with Gasteiger partial charge in [-0.3, -0.25) is 4.79 Å². The van der Waals surface area contributed by atoms with Crippen molar-refractivity contribution < 1.29 is 23.1 Å². The normalized spacial score (nSPS) is 10.6. The summed E-state index contributed by atoms with van der Waals surface area (Å²) in [7, 11) is 3.09. The van der Waals surface area contributed by atoms with Gasteiger partial charge in [-0.05, 0) is 25.1 Å². The Bertz CT molecular complexity index is 905. The van der Waals surface area contributed by atoms with Gasteiger partial charge in [-0.15, -0.1) is 10.2 Å². The van der Waals surface area contributed by atoms with E-state index in [4.69, 9.17) is 18.3 Å². The van der Waals surface area contributed by atoms with Gasteiger partial charge in [0, 0.05) is 11.8 Å². The van der Waals surface area contributed by atoms with Gasteiger partial charge in [-0.1, -0.05) is 11.8 Å². The van der Waals surface area contributed by atoms with E-state index in [1.54, 1.807) is 37.6 Å². The summed E-state index contributed by atoms with van der Waals surface area (Å²) < 4.78 is 21.1. The maximum absolute atomic E-state index is 12.1. The van der Waals surface area contributed by atoms with Crippen molar-refractivity contribution in [2.24, 2.45) is 0 Å². The first-order chi connectivity index (χ1) is 12.6. The number of amides is 1. The van der Waals surface area contributed by atoms with Crippen molar-refractivity contribution in [2.75, 3.05) is 25.3 Å². The van der Waals surface area contributed by atoms with E-state index in [1.165, 1.54) is 7.11 Å². The van der Waals surface area contributed by atoms with E-state index in [9.17, 15) is 4.79 Å². The number of aryl methyl sites for hydroxylation is 1. The molecule has 3 aromatic rings. The van der Waals surface area contributed by atoms with Crippen molar-refractivity contribution in [2.45, 2.75) is 12.1 Å². The second kappa shape index (κ2) is 7.96. The fourth-order valence-corrected chi connectivity index (χ4v) is 2.79. The molecule has 1 N–H and O–H groups in total. The van der Waals surface area contributed by atoms with E-state index in [2.05, 4.69) is 15.5 Å². The number of furan rings is 1. The molecule has 26 heavy (non-hydrogen) atoms. The van der Waals surface area contributed by atoms with Crippen LogP contribution in [0.1, 0.15) is 5.76 Å². The topological polar surface area (TPSA) is 99.6 Å². The largest absolute Gasteiger partial charge is 0.493 e. The summed E-state index contributed by atoms with van der Waals surface area (Å²) in [6, 6.07) is 6.89. The summed E-state index contributed by atoms with van der Waals surface area (Å²) in [5, 5.41) is 11.0. The summed E-state index contributed by atoms with van der Waals surface area (Å²) in [6.45, 7) is 1.81. The Kier molecular flexibility index (Phi) is 5.47. The van der Waals surface area contributed by atoms with Gasteiger partial charge in [-0.2, -0.15) is 0 Å². The lowest BCUT2D eigenvalue weighted by Gasteiger charge is -2.10. The molecule has 0 atom stereocenters. The van der Waals surface area contributed by atoms with Gasteiger partial charge in [-0.25, -0.2) is 0 Å². The second-order valence-electron chi connectivity index (χ2n) is 5.17. The van der Waals surface area contributed by atoms with Crippen molar-refractivity contribution in [3.8, 4) is 23.0 Å². The number of hydrogen-bond acceptors (Lipinski definition) is 8. The fraction of sp³-hybridized carbons (Fsp3) is 0.235. The highest BCUT2D eigenvalue weighted by Gasteiger charge is 2.15. The average Bonchev–Trinajstić information content (AvgIpc) is 3.28. The summed E-state index contributed by atoms with van der Waals surface area (Å²) >= 11 is 1.15. The summed E-state index contributed by atoms with van der Waals surface area (Å²) in [6.07, 6.45) is 1.55. The Balaban J connectivity index is 1.58. The van der Waals surface area contributed by atoms with Crippen LogP contribution >= 0.6 is 11.8 Å². The van der Waals surface area contributed by atoms with E-state index >= 15 is 0 Å². The quantitative estimate of drug-likeness (QED) is 0.627. The lowest BCUT2D eigenvalue weighted by Crippen LogP contribution is -2.14. The van der Waals surface area contributed by atoms with Crippen molar-refractivity contribution in [1.29, 1.82) is 0 Å². The molecule has 1 aromatic carbocycles. The molecule has 0 saturated heterocycles. The molecule has 0 radical (unpaired) electrons. The van der Waals surface area contributed by atoms with Crippen molar-refractivity contribution in [1.82, 2.24) is 10.2 Å². The minimum atomic E-state index is -0.207. The van der Waals surface area contributed by atoms with Gasteiger partial charge in [0.05, 0.1) is 31.8 Å². The Morgan fingerprint density at radius 2 is 2.00 bits per heavy atom. The number of anilines is 1. The third kappa shape index (κ3) is 3.99. The summed E-state index contributed by atoms with van der Waals surface area (Å²) in [5.41, 5.74) is 1.34. The van der Waals surface area contributed by atoms with Crippen LogP contribution in [0.2, 0.25) is 0 Å². The standard InChI is InChI=1S/C17H17N3O5S/c1-10-12(6-7-24-10)16-19-20-17(25-16)26-9-15(21)18-11-4-5-13(22-2)14(8-11)23-3/h4-8H,9H2,1-3H3,(H,18,21). The zero-order chi connectivity index (χ0) is 18.5. The molecular formula is C17H17N3O5S. The fourth-order valence-electron chi connectivity index (χ4n) is 2.22. The highest BCUT2D eigenvalue weighted by Crippen LogP contribution is 2.30. The van der Waals surface area contributed by atoms with Crippen LogP contribution in [0.25, 0.3) is 11.5 Å². The molecule has 0 fully saturated rings. The number of carbonyl (C=O) groups excluding carboxylic acids is 1. The number of ether oxygens (including phenoxy) is 2. The Morgan fingerprint density at radius 3 is 2.69 bits per heavy atom. The molecule has 0 unspecified atom stereocenters. The lowest BCUT2D eigenvalue weighted by atomic mass is 10.2. The van der Waals surface area contributed by atoms with E-state index in [0.29, 0.717) is 34.1 Å². The molecule has 1 amide bonds. The second-order valence-corrected chi connectivity index (χ2v) is 6.10. The zero-order valence-corrected chi connectivity index (χ0v) is 15.3. The number of aromatic nitrogens is 2. The predicted octanol–water partition coefficient (Wildman–Crippen LogP) is 3.39. The third-order valence-electron chi connectivity index (χ3n) is 3.49. The predicted molar refractivity (Wildman–Crippen MR) is 95.6 cm³/mol. The van der Waals surface area contributed by atoms with Gasteiger partial charge in [0.15, 0.2) is 11.5 Å². The molecular weight excluding hydrogens is 358 g/mol. The highest BCUT2D eigenvalue weighted by atomic mass is 32.2. The molecule has 3 rings (SSSR count). The van der Waals surface area contributed by atoms with Crippen LogP contribution in [-0.2, 0) is 4.79 Å². The van der Waals surface area contributed by atoms with Crippen LogP contribution in [0.4, 0.5) is 5.69 Å². The van der Waals surface area contributed by atoms with Crippen molar-refractivity contribution >= 4 is 23.4 Å². The van der Waals surface area contributed by atoms with Crippen LogP contribution in [-0.4, -0.2) is 36.1 Å². The monoisotopic (exact) mass is 375 g/mol. The zero-order valence-electron chi connectivity index (χ0n) is 14.4. The summed E-state index contributed by atoms with van der Waals surface area (Å²) in [5.74, 6) is 2.10. The highest BCUT2D eigenvalue weighted by molar-refractivity contribution is 7.99. The smallest absolute Gasteiger partial charge is 0.277 e. The van der Waals surface area contributed by atoms with Gasteiger partial charge < -0.3 is 23.6 Å². The van der Waals surface area contributed by atoms with E-state index in [-0.39, 0.29) is 11.7 Å². The number of thioether (sulfide) groups is 1. The minimum Gasteiger partial charge on any atom is -0.493 e. The molecule has 0 spiro atoms. The van der Waals surface area contributed by atoms with Gasteiger partial charge >= 0.3 is 0 Å². The number of nitrogens with one attached hydrogen (secondary N) is 1. The van der Waals surface area contributed by atoms with Crippen LogP contribution in [0, 0.1) is 6.92 Å². The van der Waals surface area contributed by atoms with Crippen LogP contribution in [0.15, 0.2) is 44.6 Å². The Hall–Kier alpha value is -2.94. The molecule has 8 nitrogen and oxygen atoms in total. The van der Waals surface area contributed by atoms with E-state index in [1.807, 2.05) is 6.92 Å². The number of carbonyl (C=O) groups is 1. The Morgan fingerprint density at radius 1 is 1.19 bits per heavy atom. The Labute approximate surface area is 153 Å². The van der Waals surface area contributed by atoms with Gasteiger partial charge in [0.2, 0.25) is 5.91 Å². The molecule has 0 aliphatic heterocycles. The van der Waals surface area contributed by atoms with Crippen molar-refractivity contribution in [3.05, 3.63) is 36.3 Å². The van der Waals surface area contributed by atoms with Crippen LogP contribution < -0.4 is 14.8 Å². The van der Waals surface area contributed by atoms with E-state index in [0.717, 1.165) is 17.3 Å². The number of hydrogen-bond donors (Lipinski definition) is 1. The molecule has 2 aromatic heterocycles. The molecule has 2 heterocycles. The van der Waals surface area contributed by atoms with Gasteiger partial charge in [0.1, 0.15) is 5.76 Å². The first-order valence-corrected chi connectivity index (χ1v) is 8.62. The third-order valence-corrected chi connectivity index (χ3v) is 4.31. The maximum Gasteiger partial charge on any atom is 0.277 e. The lowest BCUT2D eigenvalue weighted by molar-refractivity contribution is -0.113. The first-order valence-electron chi connectivity index (χ1n) is 7.63. The number of benzene rings is 1. The molecule has 9 heteroatoms. The molecule has 0 aliphatic carbocycles. The summed E-state index contributed by atoms with van der Waals surface area (Å²) in [4.78, 5) is 12.1. The van der Waals surface area contributed by atoms with E-state index < -0.39 is 0 Å². The molecule has 136 valence electrons. The SMILES string of the molecule is COc1ccc(NC(=O)CSc2nnc(-c3ccoc3C)o2)cc1OC. The average molecular weight is 375 g/mol. The van der Waals surface area contributed by atoms with Crippen LogP contribution in [0.5, 0.6) is 11.5 Å². The number of methoxy groups -OCH3 is 2. The molecule has 0 saturated carbocycles. The number of rotatable bonds is 7.